The Kier molecular flexibility index (Phi) is 7.04. The second-order valence-electron chi connectivity index (χ2n) is 5.20. The van der Waals surface area contributed by atoms with Crippen molar-refractivity contribution >= 4 is 21.4 Å². The molecule has 0 radical (unpaired) electrons. The highest BCUT2D eigenvalue weighted by Crippen LogP contribution is 2.29. The molecule has 2 rings (SSSR count). The van der Waals surface area contributed by atoms with E-state index in [1.54, 1.807) is 18.4 Å². The van der Waals surface area contributed by atoms with Gasteiger partial charge in [-0.15, -0.1) is 11.3 Å². The predicted molar refractivity (Wildman–Crippen MR) is 96.2 cm³/mol. The molecule has 1 heterocycles. The summed E-state index contributed by atoms with van der Waals surface area (Å²) in [7, 11) is -1.52. The van der Waals surface area contributed by atoms with Crippen molar-refractivity contribution in [1.82, 2.24) is 10.0 Å². The lowest BCUT2D eigenvalue weighted by Crippen LogP contribution is -2.30. The molecule has 132 valence electrons. The number of methoxy groups -OCH3 is 1. The summed E-state index contributed by atoms with van der Waals surface area (Å²) in [4.78, 5) is 1.15. The van der Waals surface area contributed by atoms with E-state index in [1.165, 1.54) is 0 Å². The van der Waals surface area contributed by atoms with E-state index in [0.29, 0.717) is 37.7 Å². The maximum absolute atomic E-state index is 11.0. The van der Waals surface area contributed by atoms with Gasteiger partial charge in [-0.1, -0.05) is 12.1 Å². The highest BCUT2D eigenvalue weighted by atomic mass is 32.2. The van der Waals surface area contributed by atoms with E-state index in [9.17, 15) is 8.42 Å². The normalized spacial score (nSPS) is 11.4. The van der Waals surface area contributed by atoms with Crippen molar-refractivity contribution < 1.29 is 17.9 Å². The van der Waals surface area contributed by atoms with Crippen molar-refractivity contribution in [3.63, 3.8) is 0 Å². The van der Waals surface area contributed by atoms with E-state index in [-0.39, 0.29) is 0 Å². The number of benzene rings is 1. The van der Waals surface area contributed by atoms with Crippen LogP contribution >= 0.6 is 11.3 Å². The summed E-state index contributed by atoms with van der Waals surface area (Å²) in [5.41, 5.74) is 1.04. The van der Waals surface area contributed by atoms with Crippen molar-refractivity contribution in [1.29, 1.82) is 0 Å². The van der Waals surface area contributed by atoms with Crippen LogP contribution in [0.15, 0.2) is 35.7 Å². The van der Waals surface area contributed by atoms with Gasteiger partial charge < -0.3 is 14.8 Å². The van der Waals surface area contributed by atoms with Crippen molar-refractivity contribution in [3.05, 3.63) is 46.2 Å². The molecule has 24 heavy (non-hydrogen) atoms. The molecule has 1 aromatic carbocycles. The van der Waals surface area contributed by atoms with E-state index in [4.69, 9.17) is 9.47 Å². The van der Waals surface area contributed by atoms with Gasteiger partial charge in [0.1, 0.15) is 6.61 Å². The van der Waals surface area contributed by atoms with Crippen LogP contribution in [0, 0.1) is 0 Å². The van der Waals surface area contributed by atoms with Gasteiger partial charge in [0.25, 0.3) is 0 Å². The van der Waals surface area contributed by atoms with Gasteiger partial charge in [-0.2, -0.15) is 0 Å². The average molecular weight is 370 g/mol. The minimum absolute atomic E-state index is 0.359. The van der Waals surface area contributed by atoms with E-state index in [0.717, 1.165) is 16.7 Å². The van der Waals surface area contributed by atoms with Crippen LogP contribution in [0.2, 0.25) is 0 Å². The molecule has 2 aromatic rings. The lowest BCUT2D eigenvalue weighted by atomic mass is 10.2. The molecule has 0 fully saturated rings. The number of hydrogen-bond donors (Lipinski definition) is 2. The molecule has 0 aliphatic heterocycles. The largest absolute Gasteiger partial charge is 0.493 e. The Balaban J connectivity index is 1.84. The predicted octanol–water partition coefficient (Wildman–Crippen LogP) is 1.97. The Morgan fingerprint density at radius 3 is 2.67 bits per heavy atom. The first-order chi connectivity index (χ1) is 11.5. The zero-order valence-electron chi connectivity index (χ0n) is 13.7. The summed E-state index contributed by atoms with van der Waals surface area (Å²) in [6, 6.07) is 9.79. The Morgan fingerprint density at radius 1 is 1.17 bits per heavy atom. The van der Waals surface area contributed by atoms with Crippen LogP contribution in [0.3, 0.4) is 0 Å². The van der Waals surface area contributed by atoms with E-state index < -0.39 is 10.0 Å². The number of rotatable bonds is 10. The summed E-state index contributed by atoms with van der Waals surface area (Å²) >= 11 is 1.65. The molecule has 0 saturated carbocycles. The van der Waals surface area contributed by atoms with Gasteiger partial charge in [-0.25, -0.2) is 13.1 Å². The monoisotopic (exact) mass is 370 g/mol. The van der Waals surface area contributed by atoms with E-state index in [1.807, 2.05) is 35.7 Å². The summed E-state index contributed by atoms with van der Waals surface area (Å²) in [5, 5.41) is 5.19. The van der Waals surface area contributed by atoms with E-state index in [2.05, 4.69) is 10.0 Å². The third-order valence-corrected chi connectivity index (χ3v) is 4.75. The fraction of sp³-hybridized carbons (Fsp3) is 0.375. The molecule has 0 bridgehead atoms. The molecule has 0 amide bonds. The van der Waals surface area contributed by atoms with Crippen LogP contribution in [0.4, 0.5) is 0 Å². The Morgan fingerprint density at radius 2 is 2.00 bits per heavy atom. The fourth-order valence-corrected chi connectivity index (χ4v) is 3.13. The van der Waals surface area contributed by atoms with Gasteiger partial charge in [0, 0.05) is 24.5 Å². The molecular weight excluding hydrogens is 348 g/mol. The van der Waals surface area contributed by atoms with Gasteiger partial charge in [0.2, 0.25) is 10.0 Å². The first-order valence-corrected chi connectivity index (χ1v) is 10.2. The van der Waals surface area contributed by atoms with Crippen LogP contribution in [0.1, 0.15) is 10.4 Å². The minimum Gasteiger partial charge on any atom is -0.493 e. The molecule has 0 unspecified atom stereocenters. The molecule has 0 aliphatic carbocycles. The molecule has 0 saturated heterocycles. The first kappa shape index (κ1) is 18.7. The van der Waals surface area contributed by atoms with Gasteiger partial charge in [0.15, 0.2) is 11.5 Å². The summed E-state index contributed by atoms with van der Waals surface area (Å²) in [6.45, 7) is 2.04. The molecule has 2 N–H and O–H groups in total. The van der Waals surface area contributed by atoms with Gasteiger partial charge in [-0.3, -0.25) is 0 Å². The highest BCUT2D eigenvalue weighted by Gasteiger charge is 2.07. The Hall–Kier alpha value is -1.61. The zero-order chi connectivity index (χ0) is 17.4. The standard InChI is InChI=1S/C16H22N2O4S2/c1-21-16-10-13(11-17-7-8-18-24(2,19)20)5-6-15(16)22-12-14-4-3-9-23-14/h3-6,9-10,17-18H,7-8,11-12H2,1-2H3. The lowest BCUT2D eigenvalue weighted by Gasteiger charge is -2.12. The lowest BCUT2D eigenvalue weighted by molar-refractivity contribution is 0.287. The number of sulfonamides is 1. The SMILES string of the molecule is COc1cc(CNCCNS(C)(=O)=O)ccc1OCc1cccs1. The molecule has 6 nitrogen and oxygen atoms in total. The molecule has 0 aliphatic rings. The third-order valence-electron chi connectivity index (χ3n) is 3.17. The molecule has 0 atom stereocenters. The van der Waals surface area contributed by atoms with Crippen LogP contribution in [0.5, 0.6) is 11.5 Å². The van der Waals surface area contributed by atoms with Crippen molar-refractivity contribution in [3.8, 4) is 11.5 Å². The highest BCUT2D eigenvalue weighted by molar-refractivity contribution is 7.88. The molecular formula is C16H22N2O4S2. The Bertz CT molecular complexity index is 731. The Labute approximate surface area is 146 Å². The van der Waals surface area contributed by atoms with Gasteiger partial charge in [0.05, 0.1) is 13.4 Å². The number of nitrogens with one attached hydrogen (secondary N) is 2. The van der Waals surface area contributed by atoms with Crippen molar-refractivity contribution in [2.24, 2.45) is 0 Å². The quantitative estimate of drug-likeness (QED) is 0.626. The average Bonchev–Trinajstić information content (AvgIpc) is 3.05. The maximum Gasteiger partial charge on any atom is 0.208 e. The number of ether oxygens (including phenoxy) is 2. The molecule has 8 heteroatoms. The van der Waals surface area contributed by atoms with Crippen molar-refractivity contribution in [2.45, 2.75) is 13.2 Å². The molecule has 1 aromatic heterocycles. The maximum atomic E-state index is 11.0. The first-order valence-electron chi connectivity index (χ1n) is 7.45. The summed E-state index contributed by atoms with van der Waals surface area (Å²) < 4.78 is 35.5. The fourth-order valence-electron chi connectivity index (χ4n) is 2.04. The second kappa shape index (κ2) is 9.03. The van der Waals surface area contributed by atoms with Gasteiger partial charge in [-0.05, 0) is 29.1 Å². The minimum atomic E-state index is -3.14. The third kappa shape index (κ3) is 6.48. The molecule has 0 spiro atoms. The second-order valence-corrected chi connectivity index (χ2v) is 8.06. The van der Waals surface area contributed by atoms with E-state index >= 15 is 0 Å². The topological polar surface area (TPSA) is 76.7 Å². The zero-order valence-corrected chi connectivity index (χ0v) is 15.4. The van der Waals surface area contributed by atoms with Crippen LogP contribution in [-0.4, -0.2) is 34.9 Å². The summed E-state index contributed by atoms with van der Waals surface area (Å²) in [5.74, 6) is 1.38. The number of hydrogen-bond acceptors (Lipinski definition) is 6. The summed E-state index contributed by atoms with van der Waals surface area (Å²) in [6.07, 6.45) is 1.15. The van der Waals surface area contributed by atoms with Crippen LogP contribution in [0.25, 0.3) is 0 Å². The van der Waals surface area contributed by atoms with Gasteiger partial charge >= 0.3 is 0 Å². The van der Waals surface area contributed by atoms with Crippen LogP contribution < -0.4 is 19.5 Å². The number of thiophene rings is 1. The van der Waals surface area contributed by atoms with Crippen molar-refractivity contribution in [2.75, 3.05) is 26.5 Å². The van der Waals surface area contributed by atoms with Crippen LogP contribution in [-0.2, 0) is 23.2 Å². The smallest absolute Gasteiger partial charge is 0.208 e.